The van der Waals surface area contributed by atoms with Crippen molar-refractivity contribution in [1.82, 2.24) is 10.2 Å². The Morgan fingerprint density at radius 1 is 0.881 bits per heavy atom. The van der Waals surface area contributed by atoms with Crippen LogP contribution in [0.25, 0.3) is 0 Å². The molecule has 3 aromatic carbocycles. The highest BCUT2D eigenvalue weighted by Crippen LogP contribution is 2.27. The lowest BCUT2D eigenvalue weighted by molar-refractivity contribution is -0.140. The summed E-state index contributed by atoms with van der Waals surface area (Å²) in [6.45, 7) is 7.59. The van der Waals surface area contributed by atoms with Crippen LogP contribution in [0.2, 0.25) is 0 Å². The minimum atomic E-state index is -4.14. The Balaban J connectivity index is 2.06. The summed E-state index contributed by atoms with van der Waals surface area (Å²) in [7, 11) is -2.59. The molecule has 0 aliphatic rings. The minimum absolute atomic E-state index is 0.0487. The molecule has 0 unspecified atom stereocenters. The number of hydrogen-bond donors (Lipinski definition) is 1. The standard InChI is InChI=1S/C32H41N3O6S/c1-6-24(4)33-32(37)30(7-2)34(22-25-13-12-14-28(21-25)40-5)31(36)23-35(26-17-19-27(20-18-26)41-8-3)42(38,39)29-15-10-9-11-16-29/h9-21,24,30H,6-8,22-23H2,1-5H3,(H,33,37)/t24-,30+/m0/s1. The second-order valence-corrected chi connectivity index (χ2v) is 11.7. The summed E-state index contributed by atoms with van der Waals surface area (Å²) in [5, 5.41) is 2.98. The maximum absolute atomic E-state index is 14.2. The van der Waals surface area contributed by atoms with Crippen molar-refractivity contribution in [2.24, 2.45) is 0 Å². The van der Waals surface area contributed by atoms with E-state index in [1.807, 2.05) is 39.8 Å². The second kappa shape index (κ2) is 15.3. The van der Waals surface area contributed by atoms with Gasteiger partial charge in [0.15, 0.2) is 0 Å². The van der Waals surface area contributed by atoms with Crippen LogP contribution in [-0.2, 0) is 26.2 Å². The average molecular weight is 596 g/mol. The summed E-state index contributed by atoms with van der Waals surface area (Å²) in [5.41, 5.74) is 1.05. The van der Waals surface area contributed by atoms with Crippen molar-refractivity contribution in [1.29, 1.82) is 0 Å². The number of anilines is 1. The highest BCUT2D eigenvalue weighted by Gasteiger charge is 2.34. The molecule has 226 valence electrons. The lowest BCUT2D eigenvalue weighted by atomic mass is 10.1. The minimum Gasteiger partial charge on any atom is -0.497 e. The number of ether oxygens (including phenoxy) is 2. The van der Waals surface area contributed by atoms with Crippen LogP contribution in [0.1, 0.15) is 46.1 Å². The van der Waals surface area contributed by atoms with E-state index < -0.39 is 28.5 Å². The Kier molecular flexibility index (Phi) is 11.8. The first-order chi connectivity index (χ1) is 20.1. The van der Waals surface area contributed by atoms with Crippen LogP contribution in [0, 0.1) is 0 Å². The van der Waals surface area contributed by atoms with Crippen molar-refractivity contribution in [3.05, 3.63) is 84.4 Å². The van der Waals surface area contributed by atoms with E-state index in [-0.39, 0.29) is 23.4 Å². The van der Waals surface area contributed by atoms with Gasteiger partial charge in [0, 0.05) is 12.6 Å². The van der Waals surface area contributed by atoms with Gasteiger partial charge in [-0.3, -0.25) is 13.9 Å². The number of rotatable bonds is 15. The van der Waals surface area contributed by atoms with Crippen LogP contribution in [-0.4, -0.2) is 57.5 Å². The topological polar surface area (TPSA) is 105 Å². The number of methoxy groups -OCH3 is 1. The number of hydrogen-bond acceptors (Lipinski definition) is 6. The van der Waals surface area contributed by atoms with Crippen LogP contribution in [0.15, 0.2) is 83.8 Å². The lowest BCUT2D eigenvalue weighted by Gasteiger charge is -2.33. The van der Waals surface area contributed by atoms with Crippen LogP contribution in [0.5, 0.6) is 11.5 Å². The summed E-state index contributed by atoms with van der Waals surface area (Å²) in [6, 6.07) is 20.9. The Labute approximate surface area is 249 Å². The van der Waals surface area contributed by atoms with Gasteiger partial charge in [0.05, 0.1) is 24.3 Å². The molecule has 0 saturated carbocycles. The SMILES string of the molecule is CCOc1ccc(N(CC(=O)N(Cc2cccc(OC)c2)[C@H](CC)C(=O)N[C@@H](C)CC)S(=O)(=O)c2ccccc2)cc1. The van der Waals surface area contributed by atoms with Gasteiger partial charge in [-0.15, -0.1) is 0 Å². The van der Waals surface area contributed by atoms with Crippen molar-refractivity contribution in [3.63, 3.8) is 0 Å². The fourth-order valence-corrected chi connectivity index (χ4v) is 5.89. The molecule has 0 heterocycles. The average Bonchev–Trinajstić information content (AvgIpc) is 3.00. The van der Waals surface area contributed by atoms with Crippen LogP contribution in [0.4, 0.5) is 5.69 Å². The number of sulfonamides is 1. The number of carbonyl (C=O) groups is 2. The number of amides is 2. The van der Waals surface area contributed by atoms with E-state index in [0.717, 1.165) is 16.3 Å². The van der Waals surface area contributed by atoms with Gasteiger partial charge in [-0.25, -0.2) is 8.42 Å². The van der Waals surface area contributed by atoms with E-state index in [2.05, 4.69) is 5.32 Å². The van der Waals surface area contributed by atoms with Gasteiger partial charge >= 0.3 is 0 Å². The normalized spacial score (nSPS) is 12.6. The molecule has 2 amide bonds. The molecule has 9 nitrogen and oxygen atoms in total. The third kappa shape index (κ3) is 8.25. The molecular formula is C32H41N3O6S. The zero-order valence-corrected chi connectivity index (χ0v) is 25.8. The van der Waals surface area contributed by atoms with Crippen molar-refractivity contribution in [2.75, 3.05) is 24.6 Å². The highest BCUT2D eigenvalue weighted by molar-refractivity contribution is 7.92. The fraction of sp³-hybridized carbons (Fsp3) is 0.375. The zero-order chi connectivity index (χ0) is 30.7. The van der Waals surface area contributed by atoms with Crippen molar-refractivity contribution in [2.45, 2.75) is 64.1 Å². The van der Waals surface area contributed by atoms with E-state index >= 15 is 0 Å². The Bertz CT molecular complexity index is 1410. The van der Waals surface area contributed by atoms with Gasteiger partial charge in [-0.05, 0) is 80.8 Å². The molecule has 42 heavy (non-hydrogen) atoms. The molecule has 0 aromatic heterocycles. The summed E-state index contributed by atoms with van der Waals surface area (Å²) < 4.78 is 39.8. The summed E-state index contributed by atoms with van der Waals surface area (Å²) in [5.74, 6) is 0.385. The Morgan fingerprint density at radius 3 is 2.17 bits per heavy atom. The van der Waals surface area contributed by atoms with Crippen molar-refractivity contribution in [3.8, 4) is 11.5 Å². The third-order valence-electron chi connectivity index (χ3n) is 6.92. The van der Waals surface area contributed by atoms with Crippen LogP contribution in [0.3, 0.4) is 0 Å². The molecule has 1 N–H and O–H groups in total. The van der Waals surface area contributed by atoms with Gasteiger partial charge < -0.3 is 19.7 Å². The molecule has 0 aliphatic heterocycles. The first-order valence-electron chi connectivity index (χ1n) is 14.2. The van der Waals surface area contributed by atoms with Crippen LogP contribution < -0.4 is 19.1 Å². The predicted molar refractivity (Wildman–Crippen MR) is 164 cm³/mol. The predicted octanol–water partition coefficient (Wildman–Crippen LogP) is 5.01. The molecule has 2 atom stereocenters. The van der Waals surface area contributed by atoms with E-state index in [1.165, 1.54) is 17.0 Å². The Morgan fingerprint density at radius 2 is 1.57 bits per heavy atom. The van der Waals surface area contributed by atoms with E-state index in [4.69, 9.17) is 9.47 Å². The molecule has 10 heteroatoms. The first kappa shape index (κ1) is 32.5. The third-order valence-corrected chi connectivity index (χ3v) is 8.71. The summed E-state index contributed by atoms with van der Waals surface area (Å²) in [4.78, 5) is 29.1. The van der Waals surface area contributed by atoms with Crippen LogP contribution >= 0.6 is 0 Å². The van der Waals surface area contributed by atoms with E-state index in [9.17, 15) is 18.0 Å². The number of carbonyl (C=O) groups excluding carboxylic acids is 2. The fourth-order valence-electron chi connectivity index (χ4n) is 4.45. The molecule has 0 saturated heterocycles. The van der Waals surface area contributed by atoms with Gasteiger partial charge in [0.2, 0.25) is 11.8 Å². The van der Waals surface area contributed by atoms with E-state index in [1.54, 1.807) is 61.7 Å². The number of benzene rings is 3. The summed E-state index contributed by atoms with van der Waals surface area (Å²) >= 11 is 0. The van der Waals surface area contributed by atoms with Gasteiger partial charge in [-0.1, -0.05) is 44.2 Å². The van der Waals surface area contributed by atoms with Crippen molar-refractivity contribution >= 4 is 27.5 Å². The maximum Gasteiger partial charge on any atom is 0.264 e. The molecule has 0 fully saturated rings. The smallest absolute Gasteiger partial charge is 0.264 e. The lowest BCUT2D eigenvalue weighted by Crippen LogP contribution is -2.53. The molecule has 0 spiro atoms. The number of nitrogens with zero attached hydrogens (tertiary/aromatic N) is 2. The van der Waals surface area contributed by atoms with Gasteiger partial charge in [-0.2, -0.15) is 0 Å². The maximum atomic E-state index is 14.2. The zero-order valence-electron chi connectivity index (χ0n) is 24.9. The molecule has 3 rings (SSSR count). The van der Waals surface area contributed by atoms with Crippen molar-refractivity contribution < 1.29 is 27.5 Å². The quantitative estimate of drug-likeness (QED) is 0.265. The number of nitrogens with one attached hydrogen (secondary N) is 1. The molecule has 0 bridgehead atoms. The monoisotopic (exact) mass is 595 g/mol. The van der Waals surface area contributed by atoms with E-state index in [0.29, 0.717) is 30.2 Å². The molecule has 0 radical (unpaired) electrons. The Hall–Kier alpha value is -4.05. The second-order valence-electron chi connectivity index (χ2n) is 9.87. The summed E-state index contributed by atoms with van der Waals surface area (Å²) in [6.07, 6.45) is 1.07. The highest BCUT2D eigenvalue weighted by atomic mass is 32.2. The molecule has 0 aliphatic carbocycles. The largest absolute Gasteiger partial charge is 0.497 e. The van der Waals surface area contributed by atoms with Gasteiger partial charge in [0.25, 0.3) is 10.0 Å². The van der Waals surface area contributed by atoms with Gasteiger partial charge in [0.1, 0.15) is 24.1 Å². The first-order valence-corrected chi connectivity index (χ1v) is 15.6. The molecular weight excluding hydrogens is 554 g/mol. The molecule has 3 aromatic rings.